The van der Waals surface area contributed by atoms with E-state index in [9.17, 15) is 0 Å². The summed E-state index contributed by atoms with van der Waals surface area (Å²) in [5, 5.41) is 0. The first-order chi connectivity index (χ1) is 29.8. The Kier molecular flexibility index (Phi) is 8.23. The fourth-order valence-electron chi connectivity index (χ4n) is 17.9. The van der Waals surface area contributed by atoms with Crippen LogP contribution in [0.25, 0.3) is 0 Å². The molecule has 6 saturated heterocycles. The topological polar surface area (TPSA) is 37.4 Å². The number of fused-ring (bicyclic) bond motifs is 3. The van der Waals surface area contributed by atoms with Gasteiger partial charge >= 0.3 is 0 Å². The summed E-state index contributed by atoms with van der Waals surface area (Å²) in [6.45, 7) is 0. The van der Waals surface area contributed by atoms with E-state index in [1.807, 2.05) is 0 Å². The van der Waals surface area contributed by atoms with Crippen LogP contribution in [0.5, 0.6) is 0 Å². The fourth-order valence-corrected chi connectivity index (χ4v) is 28.1. The number of ether oxygens (including phenoxy) is 3. The molecule has 60 heavy (non-hydrogen) atoms. The van der Waals surface area contributed by atoms with Gasteiger partial charge in [0.25, 0.3) is 0 Å². The van der Waals surface area contributed by atoms with Gasteiger partial charge in [0.15, 0.2) is 0 Å². The molecule has 6 saturated carbocycles. The number of anilines is 3. The molecule has 6 aliphatic heterocycles. The standard InChI is InChI=1S/C52H63N3O3P2/c1-4-14-30(15-5-1)53-35-20-10-21-36-47(35)59-48-37(53)22-11-25-40(48)56-43-29-34-33(45(51(43)59)55(36)32-18-8-3-9-19-32)28-44-52-46(34)58-42-27-13-24-39-50(42)60(52)49-38(23-12-26-41(49)57-44)54(39)31-16-6-2-7-17-31/h1-9,14-19,33-52H,10-13,20-29H2. The second-order valence-corrected chi connectivity index (χ2v) is 26.8. The number of hydrogen-bond donors (Lipinski definition) is 0. The molecule has 0 aromatic heterocycles. The van der Waals surface area contributed by atoms with Gasteiger partial charge in [0, 0.05) is 87.3 Å². The lowest BCUT2D eigenvalue weighted by molar-refractivity contribution is -0.184. The number of nitrogens with zero attached hydrogens (tertiary/aromatic N) is 3. The van der Waals surface area contributed by atoms with Crippen LogP contribution in [0.2, 0.25) is 0 Å². The summed E-state index contributed by atoms with van der Waals surface area (Å²) in [4.78, 5) is 9.13. The quantitative estimate of drug-likeness (QED) is 0.245. The summed E-state index contributed by atoms with van der Waals surface area (Å²) in [6, 6.07) is 38.8. The number of hydrogen-bond acceptors (Lipinski definition) is 6. The zero-order chi connectivity index (χ0) is 38.8. The lowest BCUT2D eigenvalue weighted by Crippen LogP contribution is -2.80. The molecule has 22 atom stereocenters. The van der Waals surface area contributed by atoms with Crippen LogP contribution >= 0.6 is 15.8 Å². The van der Waals surface area contributed by atoms with Crippen molar-refractivity contribution < 1.29 is 14.2 Å². The summed E-state index contributed by atoms with van der Waals surface area (Å²) in [5.41, 5.74) is 8.48. The molecule has 0 spiro atoms. The molecule has 314 valence electrons. The molecule has 6 aliphatic carbocycles. The maximum Gasteiger partial charge on any atom is 0.0704 e. The van der Waals surface area contributed by atoms with Gasteiger partial charge in [-0.1, -0.05) is 70.4 Å². The van der Waals surface area contributed by atoms with Crippen LogP contribution in [0.1, 0.15) is 89.9 Å². The minimum atomic E-state index is -0.227. The molecule has 12 aliphatic rings. The molecule has 15 rings (SSSR count). The zero-order valence-corrected chi connectivity index (χ0v) is 36.9. The third kappa shape index (κ3) is 4.85. The number of benzene rings is 3. The molecule has 12 fully saturated rings. The van der Waals surface area contributed by atoms with Crippen LogP contribution in [0.15, 0.2) is 91.0 Å². The highest BCUT2D eigenvalue weighted by Gasteiger charge is 2.73. The molecule has 6 nitrogen and oxygen atoms in total. The van der Waals surface area contributed by atoms with Gasteiger partial charge in [-0.3, -0.25) is 0 Å². The van der Waals surface area contributed by atoms with Gasteiger partial charge in [0.2, 0.25) is 0 Å². The average Bonchev–Trinajstić information content (AvgIpc) is 3.30. The van der Waals surface area contributed by atoms with E-state index in [2.05, 4.69) is 106 Å². The number of para-hydroxylation sites is 3. The molecular weight excluding hydrogens is 777 g/mol. The average molecular weight is 840 g/mol. The van der Waals surface area contributed by atoms with Crippen molar-refractivity contribution in [2.45, 2.75) is 197 Å². The molecule has 22 unspecified atom stereocenters. The van der Waals surface area contributed by atoms with Gasteiger partial charge in [-0.15, -0.1) is 0 Å². The monoisotopic (exact) mass is 839 g/mol. The zero-order valence-electron chi connectivity index (χ0n) is 35.1. The second kappa shape index (κ2) is 13.7. The van der Waals surface area contributed by atoms with Crippen LogP contribution in [0.4, 0.5) is 17.1 Å². The molecule has 8 heteroatoms. The van der Waals surface area contributed by atoms with Crippen molar-refractivity contribution >= 4 is 32.9 Å². The first-order valence-corrected chi connectivity index (χ1v) is 27.9. The first-order valence-electron chi connectivity index (χ1n) is 24.8. The van der Waals surface area contributed by atoms with Crippen LogP contribution in [-0.2, 0) is 14.2 Å². The minimum Gasteiger partial charge on any atom is -0.373 e. The van der Waals surface area contributed by atoms with Gasteiger partial charge < -0.3 is 28.9 Å². The fraction of sp³-hybridized carbons (Fsp3) is 0.654. The molecule has 0 bridgehead atoms. The highest BCUT2D eigenvalue weighted by Crippen LogP contribution is 2.77. The number of rotatable bonds is 3. The second-order valence-electron chi connectivity index (χ2n) is 21.5. The van der Waals surface area contributed by atoms with E-state index in [1.54, 1.807) is 0 Å². The smallest absolute Gasteiger partial charge is 0.0704 e. The normalized spacial score (nSPS) is 51.1. The molecule has 0 amide bonds. The Balaban J connectivity index is 0.865. The van der Waals surface area contributed by atoms with E-state index in [0.717, 1.165) is 5.66 Å². The molecule has 3 aromatic rings. The van der Waals surface area contributed by atoms with E-state index in [1.165, 1.54) is 107 Å². The van der Waals surface area contributed by atoms with E-state index < -0.39 is 0 Å². The lowest BCUT2D eigenvalue weighted by atomic mass is 9.63. The highest BCUT2D eigenvalue weighted by atomic mass is 31.1. The largest absolute Gasteiger partial charge is 0.373 e. The van der Waals surface area contributed by atoms with Crippen molar-refractivity contribution in [3.8, 4) is 0 Å². The van der Waals surface area contributed by atoms with Crippen molar-refractivity contribution in [3.05, 3.63) is 91.0 Å². The molecule has 3 aromatic carbocycles. The molecule has 0 N–H and O–H groups in total. The van der Waals surface area contributed by atoms with Crippen LogP contribution in [0.3, 0.4) is 0 Å². The summed E-state index contributed by atoms with van der Waals surface area (Å²) < 4.78 is 23.6. The summed E-state index contributed by atoms with van der Waals surface area (Å²) in [5.74, 6) is 1.16. The Labute approximate surface area is 360 Å². The predicted octanol–water partition coefficient (Wildman–Crippen LogP) is 10.0. The van der Waals surface area contributed by atoms with Crippen molar-refractivity contribution in [2.75, 3.05) is 14.7 Å². The molecule has 0 radical (unpaired) electrons. The van der Waals surface area contributed by atoms with Crippen LogP contribution in [-0.4, -0.2) is 107 Å². The summed E-state index contributed by atoms with van der Waals surface area (Å²) >= 11 is 0. The van der Waals surface area contributed by atoms with E-state index in [4.69, 9.17) is 14.2 Å². The van der Waals surface area contributed by atoms with Crippen molar-refractivity contribution in [1.82, 2.24) is 0 Å². The predicted molar refractivity (Wildman–Crippen MR) is 244 cm³/mol. The Bertz CT molecular complexity index is 2090. The molecule has 6 heterocycles. The Morgan fingerprint density at radius 2 is 0.767 bits per heavy atom. The maximum atomic E-state index is 7.95. The SMILES string of the molecule is c1ccc(N2C3CCCC4OC5CC6C(CC7OC8CCCC9C8P8C%10C(CCCC%10N(c%10ccccc%10)C6C78)N9c6ccccc6)C6OC7CCCC2C7P(C56)C43)cc1. The van der Waals surface area contributed by atoms with Gasteiger partial charge in [-0.2, -0.15) is 0 Å². The Morgan fingerprint density at radius 1 is 0.367 bits per heavy atom. The Hall–Kier alpha value is -2.20. The van der Waals surface area contributed by atoms with Crippen molar-refractivity contribution in [1.29, 1.82) is 0 Å². The first kappa shape index (κ1) is 36.2. The molecular formula is C52H63N3O3P2. The third-order valence-corrected chi connectivity index (χ3v) is 27.4. The van der Waals surface area contributed by atoms with Gasteiger partial charge in [-0.05, 0) is 138 Å². The third-order valence-electron chi connectivity index (χ3n) is 19.3. The maximum absolute atomic E-state index is 7.95. The summed E-state index contributed by atoms with van der Waals surface area (Å²) in [7, 11) is -0.448. The van der Waals surface area contributed by atoms with Gasteiger partial charge in [0.1, 0.15) is 0 Å². The van der Waals surface area contributed by atoms with Crippen LogP contribution < -0.4 is 14.7 Å². The van der Waals surface area contributed by atoms with E-state index in [0.29, 0.717) is 113 Å². The van der Waals surface area contributed by atoms with Gasteiger partial charge in [0.05, 0.1) is 36.6 Å². The summed E-state index contributed by atoms with van der Waals surface area (Å²) in [6.07, 6.45) is 20.6. The van der Waals surface area contributed by atoms with Crippen molar-refractivity contribution in [2.24, 2.45) is 11.8 Å². The van der Waals surface area contributed by atoms with Gasteiger partial charge in [-0.25, -0.2) is 0 Å². The lowest BCUT2D eigenvalue weighted by Gasteiger charge is -2.75. The van der Waals surface area contributed by atoms with Crippen LogP contribution in [0, 0.1) is 11.8 Å². The van der Waals surface area contributed by atoms with E-state index >= 15 is 0 Å². The van der Waals surface area contributed by atoms with E-state index in [-0.39, 0.29) is 15.8 Å². The van der Waals surface area contributed by atoms with Crippen molar-refractivity contribution in [3.63, 3.8) is 0 Å². The highest BCUT2D eigenvalue weighted by molar-refractivity contribution is 7.61. The Morgan fingerprint density at radius 3 is 1.30 bits per heavy atom. The minimum absolute atomic E-state index is 0.221.